The summed E-state index contributed by atoms with van der Waals surface area (Å²) >= 11 is 0. The Labute approximate surface area is 119 Å². The van der Waals surface area contributed by atoms with Gasteiger partial charge in [0.05, 0.1) is 5.69 Å². The van der Waals surface area contributed by atoms with Gasteiger partial charge in [-0.05, 0) is 24.6 Å². The van der Waals surface area contributed by atoms with Crippen LogP contribution in [0.1, 0.15) is 12.0 Å². The van der Waals surface area contributed by atoms with Gasteiger partial charge in [-0.1, -0.05) is 12.1 Å². The smallest absolute Gasteiger partial charge is 0.303 e. The lowest BCUT2D eigenvalue weighted by molar-refractivity contribution is -0.136. The average Bonchev–Trinajstić information content (AvgIpc) is 2.84. The molecule has 0 aliphatic carbocycles. The van der Waals surface area contributed by atoms with Gasteiger partial charge in [0.15, 0.2) is 5.65 Å². The van der Waals surface area contributed by atoms with E-state index in [1.165, 1.54) is 12.1 Å². The number of aromatic nitrogens is 3. The van der Waals surface area contributed by atoms with E-state index in [2.05, 4.69) is 10.1 Å². The van der Waals surface area contributed by atoms with Crippen molar-refractivity contribution in [2.75, 3.05) is 0 Å². The third-order valence-electron chi connectivity index (χ3n) is 3.18. The monoisotopic (exact) mass is 285 g/mol. The third kappa shape index (κ3) is 2.60. The molecule has 0 bridgehead atoms. The van der Waals surface area contributed by atoms with Crippen LogP contribution < -0.4 is 0 Å². The number of nitrogens with zero attached hydrogens (tertiary/aromatic N) is 3. The fourth-order valence-corrected chi connectivity index (χ4v) is 2.26. The molecule has 0 fully saturated rings. The van der Waals surface area contributed by atoms with Gasteiger partial charge >= 0.3 is 5.97 Å². The second-order valence-corrected chi connectivity index (χ2v) is 4.62. The fourth-order valence-electron chi connectivity index (χ4n) is 2.26. The molecule has 1 aromatic carbocycles. The standard InChI is InChI=1S/C15H12FN3O2/c16-11-4-1-3-10(9-11)14-12(5-6-13(20)21)15-17-7-2-8-19(15)18-14/h1-4,7-9H,5-6H2,(H,20,21). The lowest BCUT2D eigenvalue weighted by atomic mass is 10.0. The first-order valence-electron chi connectivity index (χ1n) is 6.45. The van der Waals surface area contributed by atoms with Crippen LogP contribution in [0.3, 0.4) is 0 Å². The summed E-state index contributed by atoms with van der Waals surface area (Å²) in [5, 5.41) is 13.3. The highest BCUT2D eigenvalue weighted by Gasteiger charge is 2.16. The topological polar surface area (TPSA) is 67.5 Å². The summed E-state index contributed by atoms with van der Waals surface area (Å²) in [5.41, 5.74) is 2.48. The number of hydrogen-bond acceptors (Lipinski definition) is 3. The summed E-state index contributed by atoms with van der Waals surface area (Å²) in [4.78, 5) is 15.1. The third-order valence-corrected chi connectivity index (χ3v) is 3.18. The van der Waals surface area contributed by atoms with Gasteiger partial charge in [0, 0.05) is 29.9 Å². The molecule has 0 aliphatic rings. The van der Waals surface area contributed by atoms with Crippen LogP contribution in [0.2, 0.25) is 0 Å². The van der Waals surface area contributed by atoms with Crippen LogP contribution in [-0.4, -0.2) is 25.7 Å². The predicted molar refractivity (Wildman–Crippen MR) is 74.3 cm³/mol. The Morgan fingerprint density at radius 2 is 2.19 bits per heavy atom. The van der Waals surface area contributed by atoms with Crippen molar-refractivity contribution >= 4 is 11.6 Å². The number of aliphatic carboxylic acids is 1. The zero-order valence-corrected chi connectivity index (χ0v) is 11.0. The Morgan fingerprint density at radius 3 is 2.95 bits per heavy atom. The minimum Gasteiger partial charge on any atom is -0.481 e. The molecule has 1 N–H and O–H groups in total. The average molecular weight is 285 g/mol. The summed E-state index contributed by atoms with van der Waals surface area (Å²) in [6.07, 6.45) is 3.62. The molecule has 5 nitrogen and oxygen atoms in total. The maximum atomic E-state index is 13.4. The van der Waals surface area contributed by atoms with Crippen molar-refractivity contribution in [3.8, 4) is 11.3 Å². The highest BCUT2D eigenvalue weighted by Crippen LogP contribution is 2.26. The van der Waals surface area contributed by atoms with Gasteiger partial charge in [-0.2, -0.15) is 5.10 Å². The van der Waals surface area contributed by atoms with Gasteiger partial charge in [-0.15, -0.1) is 0 Å². The summed E-state index contributed by atoms with van der Waals surface area (Å²) in [6, 6.07) is 7.81. The van der Waals surface area contributed by atoms with Gasteiger partial charge < -0.3 is 5.11 Å². The van der Waals surface area contributed by atoms with Gasteiger partial charge in [0.2, 0.25) is 0 Å². The molecule has 0 atom stereocenters. The molecule has 3 aromatic rings. The van der Waals surface area contributed by atoms with Crippen LogP contribution >= 0.6 is 0 Å². The van der Waals surface area contributed by atoms with Crippen LogP contribution in [0.15, 0.2) is 42.7 Å². The molecule has 21 heavy (non-hydrogen) atoms. The molecule has 0 amide bonds. The first-order chi connectivity index (χ1) is 10.1. The predicted octanol–water partition coefficient (Wildman–Crippen LogP) is 2.55. The van der Waals surface area contributed by atoms with E-state index in [0.717, 1.165) is 0 Å². The highest BCUT2D eigenvalue weighted by atomic mass is 19.1. The number of aryl methyl sites for hydroxylation is 1. The van der Waals surface area contributed by atoms with Crippen molar-refractivity contribution in [1.29, 1.82) is 0 Å². The number of benzene rings is 1. The fraction of sp³-hybridized carbons (Fsp3) is 0.133. The molecule has 2 aromatic heterocycles. The van der Waals surface area contributed by atoms with Crippen molar-refractivity contribution in [2.45, 2.75) is 12.8 Å². The zero-order chi connectivity index (χ0) is 14.8. The minimum absolute atomic E-state index is 0.0275. The quantitative estimate of drug-likeness (QED) is 0.800. The second kappa shape index (κ2) is 5.32. The first-order valence-corrected chi connectivity index (χ1v) is 6.45. The molecule has 0 unspecified atom stereocenters. The first kappa shape index (κ1) is 13.2. The number of carboxylic acids is 1. The molecule has 0 saturated heterocycles. The Kier molecular flexibility index (Phi) is 3.35. The number of halogens is 1. The highest BCUT2D eigenvalue weighted by molar-refractivity contribution is 5.73. The van der Waals surface area contributed by atoms with Crippen molar-refractivity contribution in [3.05, 3.63) is 54.1 Å². The SMILES string of the molecule is O=C(O)CCc1c(-c2cccc(F)c2)nn2cccnc12. The van der Waals surface area contributed by atoms with Crippen LogP contribution in [0, 0.1) is 5.82 Å². The van der Waals surface area contributed by atoms with Gasteiger partial charge in [-0.3, -0.25) is 4.79 Å². The maximum Gasteiger partial charge on any atom is 0.303 e. The van der Waals surface area contributed by atoms with E-state index >= 15 is 0 Å². The van der Waals surface area contributed by atoms with Gasteiger partial charge in [-0.25, -0.2) is 13.9 Å². The molecular formula is C15H12FN3O2. The summed E-state index contributed by atoms with van der Waals surface area (Å²) in [6.45, 7) is 0. The molecule has 106 valence electrons. The lowest BCUT2D eigenvalue weighted by Gasteiger charge is -2.01. The Morgan fingerprint density at radius 1 is 1.33 bits per heavy atom. The second-order valence-electron chi connectivity index (χ2n) is 4.62. The maximum absolute atomic E-state index is 13.4. The Hall–Kier alpha value is -2.76. The number of rotatable bonds is 4. The summed E-state index contributed by atoms with van der Waals surface area (Å²) < 4.78 is 15.0. The summed E-state index contributed by atoms with van der Waals surface area (Å²) in [5.74, 6) is -1.25. The van der Waals surface area contributed by atoms with Crippen LogP contribution in [0.5, 0.6) is 0 Å². The molecule has 0 spiro atoms. The largest absolute Gasteiger partial charge is 0.481 e. The van der Waals surface area contributed by atoms with E-state index in [4.69, 9.17) is 5.11 Å². The zero-order valence-electron chi connectivity index (χ0n) is 11.0. The van der Waals surface area contributed by atoms with Crippen molar-refractivity contribution in [2.24, 2.45) is 0 Å². The number of hydrogen-bond donors (Lipinski definition) is 1. The molecule has 6 heteroatoms. The molecule has 0 saturated carbocycles. The molecular weight excluding hydrogens is 273 g/mol. The lowest BCUT2D eigenvalue weighted by Crippen LogP contribution is -1.99. The number of fused-ring (bicyclic) bond motifs is 1. The Bertz CT molecular complexity index is 814. The van der Waals surface area contributed by atoms with Crippen molar-refractivity contribution in [3.63, 3.8) is 0 Å². The normalized spacial score (nSPS) is 10.9. The molecule has 0 aliphatic heterocycles. The molecule has 2 heterocycles. The molecule has 3 rings (SSSR count). The van der Waals surface area contributed by atoms with Crippen LogP contribution in [0.25, 0.3) is 16.9 Å². The number of carbonyl (C=O) groups is 1. The molecule has 0 radical (unpaired) electrons. The van der Waals surface area contributed by atoms with Gasteiger partial charge in [0.1, 0.15) is 5.82 Å². The van der Waals surface area contributed by atoms with Crippen molar-refractivity contribution in [1.82, 2.24) is 14.6 Å². The van der Waals surface area contributed by atoms with E-state index in [0.29, 0.717) is 28.9 Å². The number of carboxylic acid groups (broad SMARTS) is 1. The van der Waals surface area contributed by atoms with Crippen LogP contribution in [-0.2, 0) is 11.2 Å². The van der Waals surface area contributed by atoms with E-state index < -0.39 is 5.97 Å². The van der Waals surface area contributed by atoms with Crippen molar-refractivity contribution < 1.29 is 14.3 Å². The minimum atomic E-state index is -0.893. The van der Waals surface area contributed by atoms with Crippen LogP contribution in [0.4, 0.5) is 4.39 Å². The van der Waals surface area contributed by atoms with E-state index in [1.54, 1.807) is 35.1 Å². The summed E-state index contributed by atoms with van der Waals surface area (Å²) in [7, 11) is 0. The van der Waals surface area contributed by atoms with Gasteiger partial charge in [0.25, 0.3) is 0 Å². The van der Waals surface area contributed by atoms with E-state index in [9.17, 15) is 9.18 Å². The Balaban J connectivity index is 2.16. The van der Waals surface area contributed by atoms with E-state index in [1.807, 2.05) is 0 Å². The van der Waals surface area contributed by atoms with E-state index in [-0.39, 0.29) is 12.2 Å².